The van der Waals surface area contributed by atoms with Crippen LogP contribution in [-0.4, -0.2) is 11.1 Å². The first kappa shape index (κ1) is 11.7. The molecule has 0 heterocycles. The number of benzene rings is 1. The molecule has 0 saturated heterocycles. The van der Waals surface area contributed by atoms with Gasteiger partial charge in [-0.1, -0.05) is 38.8 Å². The lowest BCUT2D eigenvalue weighted by Gasteiger charge is -2.08. The standard InChI is InChI=1S/C10H10Br2O2/c1-2-6-3-7(10(13)14)8(5-11)9(12)4-6/h3-4H,2,5H2,1H3,(H,13,14). The van der Waals surface area contributed by atoms with Crippen LogP contribution in [0.5, 0.6) is 0 Å². The summed E-state index contributed by atoms with van der Waals surface area (Å²) in [5.41, 5.74) is 2.18. The molecule has 0 aliphatic carbocycles. The Labute approximate surface area is 99.6 Å². The number of carboxylic acid groups (broad SMARTS) is 1. The van der Waals surface area contributed by atoms with Gasteiger partial charge in [-0.25, -0.2) is 4.79 Å². The van der Waals surface area contributed by atoms with Crippen LogP contribution in [0, 0.1) is 0 Å². The molecule has 1 aromatic rings. The number of hydrogen-bond donors (Lipinski definition) is 1. The zero-order valence-corrected chi connectivity index (χ0v) is 10.9. The fourth-order valence-corrected chi connectivity index (χ4v) is 2.85. The molecule has 14 heavy (non-hydrogen) atoms. The topological polar surface area (TPSA) is 37.3 Å². The molecule has 0 amide bonds. The van der Waals surface area contributed by atoms with Crippen molar-refractivity contribution in [1.29, 1.82) is 0 Å². The molecule has 76 valence electrons. The van der Waals surface area contributed by atoms with Crippen molar-refractivity contribution in [3.05, 3.63) is 33.3 Å². The van der Waals surface area contributed by atoms with Crippen molar-refractivity contribution < 1.29 is 9.90 Å². The van der Waals surface area contributed by atoms with Gasteiger partial charge in [-0.05, 0) is 29.7 Å². The van der Waals surface area contributed by atoms with Gasteiger partial charge < -0.3 is 5.11 Å². The molecule has 0 fully saturated rings. The molecular formula is C10H10Br2O2. The highest BCUT2D eigenvalue weighted by molar-refractivity contribution is 9.10. The molecular weight excluding hydrogens is 312 g/mol. The van der Waals surface area contributed by atoms with Gasteiger partial charge in [0.1, 0.15) is 0 Å². The Kier molecular flexibility index (Phi) is 4.13. The predicted octanol–water partition coefficient (Wildman–Crippen LogP) is 3.60. The lowest BCUT2D eigenvalue weighted by atomic mass is 10.0. The smallest absolute Gasteiger partial charge is 0.336 e. The van der Waals surface area contributed by atoms with Crippen molar-refractivity contribution in [3.63, 3.8) is 0 Å². The molecule has 0 aliphatic heterocycles. The SMILES string of the molecule is CCc1cc(Br)c(CBr)c(C(=O)O)c1. The minimum Gasteiger partial charge on any atom is -0.478 e. The number of carbonyl (C=O) groups is 1. The number of halogens is 2. The van der Waals surface area contributed by atoms with E-state index in [2.05, 4.69) is 31.9 Å². The fourth-order valence-electron chi connectivity index (χ4n) is 1.22. The third-order valence-corrected chi connectivity index (χ3v) is 3.30. The fraction of sp³-hybridized carbons (Fsp3) is 0.300. The van der Waals surface area contributed by atoms with Gasteiger partial charge in [-0.3, -0.25) is 0 Å². The van der Waals surface area contributed by atoms with Gasteiger partial charge in [0.05, 0.1) is 5.56 Å². The summed E-state index contributed by atoms with van der Waals surface area (Å²) in [6.07, 6.45) is 0.835. The van der Waals surface area contributed by atoms with Crippen LogP contribution in [-0.2, 0) is 11.8 Å². The summed E-state index contributed by atoms with van der Waals surface area (Å²) >= 11 is 6.65. The Morgan fingerprint density at radius 3 is 2.57 bits per heavy atom. The van der Waals surface area contributed by atoms with Crippen molar-refractivity contribution in [1.82, 2.24) is 0 Å². The number of alkyl halides is 1. The molecule has 0 atom stereocenters. The van der Waals surface area contributed by atoms with Crippen LogP contribution in [0.15, 0.2) is 16.6 Å². The predicted molar refractivity (Wildman–Crippen MR) is 63.1 cm³/mol. The number of rotatable bonds is 3. The quantitative estimate of drug-likeness (QED) is 0.864. The van der Waals surface area contributed by atoms with Gasteiger partial charge in [0.25, 0.3) is 0 Å². The Balaban J connectivity index is 3.35. The van der Waals surface area contributed by atoms with Crippen LogP contribution < -0.4 is 0 Å². The molecule has 0 aromatic heterocycles. The van der Waals surface area contributed by atoms with Crippen LogP contribution in [0.4, 0.5) is 0 Å². The lowest BCUT2D eigenvalue weighted by Crippen LogP contribution is -2.03. The maximum absolute atomic E-state index is 11.0. The van der Waals surface area contributed by atoms with E-state index in [1.165, 1.54) is 0 Å². The monoisotopic (exact) mass is 320 g/mol. The Hall–Kier alpha value is -0.350. The van der Waals surface area contributed by atoms with E-state index in [0.29, 0.717) is 10.9 Å². The third kappa shape index (κ3) is 2.36. The normalized spacial score (nSPS) is 10.2. The summed E-state index contributed by atoms with van der Waals surface area (Å²) in [5, 5.41) is 9.54. The highest BCUT2D eigenvalue weighted by Crippen LogP contribution is 2.25. The average Bonchev–Trinajstić information content (AvgIpc) is 2.16. The molecule has 0 spiro atoms. The van der Waals surface area contributed by atoms with Gasteiger partial charge in [-0.2, -0.15) is 0 Å². The third-order valence-electron chi connectivity index (χ3n) is 2.03. The van der Waals surface area contributed by atoms with Crippen molar-refractivity contribution in [2.45, 2.75) is 18.7 Å². The molecule has 4 heteroatoms. The molecule has 2 nitrogen and oxygen atoms in total. The second-order valence-electron chi connectivity index (χ2n) is 2.90. The minimum absolute atomic E-state index is 0.369. The van der Waals surface area contributed by atoms with E-state index in [-0.39, 0.29) is 0 Å². The Morgan fingerprint density at radius 1 is 1.50 bits per heavy atom. The van der Waals surface area contributed by atoms with E-state index in [1.807, 2.05) is 13.0 Å². The minimum atomic E-state index is -0.879. The lowest BCUT2D eigenvalue weighted by molar-refractivity contribution is 0.0696. The van der Waals surface area contributed by atoms with E-state index in [4.69, 9.17) is 5.11 Å². The van der Waals surface area contributed by atoms with Crippen molar-refractivity contribution in [2.75, 3.05) is 0 Å². The van der Waals surface area contributed by atoms with Crippen molar-refractivity contribution >= 4 is 37.8 Å². The van der Waals surface area contributed by atoms with Crippen LogP contribution in [0.25, 0.3) is 0 Å². The molecule has 1 rings (SSSR count). The first-order valence-corrected chi connectivity index (χ1v) is 6.12. The molecule has 0 saturated carbocycles. The number of aryl methyl sites for hydroxylation is 1. The first-order valence-electron chi connectivity index (χ1n) is 4.20. The van der Waals surface area contributed by atoms with Crippen molar-refractivity contribution in [2.24, 2.45) is 0 Å². The highest BCUT2D eigenvalue weighted by atomic mass is 79.9. The summed E-state index contributed by atoms with van der Waals surface area (Å²) in [5.74, 6) is -0.879. The summed E-state index contributed by atoms with van der Waals surface area (Å²) in [7, 11) is 0. The second kappa shape index (κ2) is 4.94. The summed E-state index contributed by atoms with van der Waals surface area (Å²) in [6, 6.07) is 3.69. The van der Waals surface area contributed by atoms with Crippen LogP contribution in [0.2, 0.25) is 0 Å². The summed E-state index contributed by atoms with van der Waals surface area (Å²) < 4.78 is 0.853. The van der Waals surface area contributed by atoms with Gasteiger partial charge >= 0.3 is 5.97 Å². The molecule has 0 aliphatic rings. The van der Waals surface area contributed by atoms with Crippen LogP contribution in [0.3, 0.4) is 0 Å². The Morgan fingerprint density at radius 2 is 2.14 bits per heavy atom. The van der Waals surface area contributed by atoms with Gasteiger partial charge in [0.2, 0.25) is 0 Å². The first-order chi connectivity index (χ1) is 6.60. The second-order valence-corrected chi connectivity index (χ2v) is 4.31. The summed E-state index contributed by atoms with van der Waals surface area (Å²) in [6.45, 7) is 2.00. The van der Waals surface area contributed by atoms with Gasteiger partial charge in [-0.15, -0.1) is 0 Å². The maximum atomic E-state index is 11.0. The number of carboxylic acids is 1. The zero-order chi connectivity index (χ0) is 10.7. The average molecular weight is 322 g/mol. The zero-order valence-electron chi connectivity index (χ0n) is 7.68. The van der Waals surface area contributed by atoms with E-state index in [1.54, 1.807) is 6.07 Å². The van der Waals surface area contributed by atoms with Gasteiger partial charge in [0, 0.05) is 9.80 Å². The molecule has 0 unspecified atom stereocenters. The van der Waals surface area contributed by atoms with E-state index < -0.39 is 5.97 Å². The summed E-state index contributed by atoms with van der Waals surface area (Å²) in [4.78, 5) is 11.0. The number of aromatic carboxylic acids is 1. The van der Waals surface area contributed by atoms with Crippen LogP contribution >= 0.6 is 31.9 Å². The number of hydrogen-bond acceptors (Lipinski definition) is 1. The largest absolute Gasteiger partial charge is 0.478 e. The molecule has 0 bridgehead atoms. The van der Waals surface area contributed by atoms with E-state index >= 15 is 0 Å². The maximum Gasteiger partial charge on any atom is 0.336 e. The highest BCUT2D eigenvalue weighted by Gasteiger charge is 2.13. The molecule has 1 N–H and O–H groups in total. The van der Waals surface area contributed by atoms with Crippen LogP contribution in [0.1, 0.15) is 28.4 Å². The van der Waals surface area contributed by atoms with Gasteiger partial charge in [0.15, 0.2) is 0 Å². The van der Waals surface area contributed by atoms with Crippen molar-refractivity contribution in [3.8, 4) is 0 Å². The molecule has 1 aromatic carbocycles. The van der Waals surface area contributed by atoms with E-state index in [9.17, 15) is 4.79 Å². The Bertz CT molecular complexity index is 361. The molecule has 0 radical (unpaired) electrons. The van der Waals surface area contributed by atoms with E-state index in [0.717, 1.165) is 22.0 Å².